The van der Waals surface area contributed by atoms with Gasteiger partial charge in [-0.1, -0.05) is 0 Å². The molecule has 0 saturated heterocycles. The van der Waals surface area contributed by atoms with Crippen molar-refractivity contribution in [3.63, 3.8) is 0 Å². The molecule has 0 spiro atoms. The molecule has 0 radical (unpaired) electrons. The molecular weight excluding hydrogens is 174 g/mol. The Balaban J connectivity index is 2.60. The summed E-state index contributed by atoms with van der Waals surface area (Å²) < 4.78 is 0. The molecule has 4 nitrogen and oxygen atoms in total. The lowest BCUT2D eigenvalue weighted by molar-refractivity contribution is 0.944. The van der Waals surface area contributed by atoms with E-state index < -0.39 is 0 Å². The highest BCUT2D eigenvalue weighted by Gasteiger charge is 2.13. The Hall–Kier alpha value is -0.970. The van der Waals surface area contributed by atoms with Gasteiger partial charge in [-0.2, -0.15) is 16.7 Å². The summed E-state index contributed by atoms with van der Waals surface area (Å²) in [5.74, 6) is 2.30. The van der Waals surface area contributed by atoms with Crippen molar-refractivity contribution < 1.29 is 0 Å². The molecule has 5 heteroatoms. The van der Waals surface area contributed by atoms with Crippen molar-refractivity contribution in [1.82, 2.24) is 9.97 Å². The maximum atomic E-state index is 10.9. The van der Waals surface area contributed by atoms with Crippen LogP contribution in [-0.2, 0) is 12.2 Å². The van der Waals surface area contributed by atoms with Gasteiger partial charge < -0.3 is 10.7 Å². The molecular formula is C7H9N3OS. The van der Waals surface area contributed by atoms with Gasteiger partial charge in [0.15, 0.2) is 0 Å². The number of thioether (sulfide) groups is 1. The number of anilines is 1. The second-order valence-electron chi connectivity index (χ2n) is 2.69. The van der Waals surface area contributed by atoms with E-state index in [1.807, 2.05) is 0 Å². The zero-order valence-electron chi connectivity index (χ0n) is 6.46. The Morgan fingerprint density at radius 2 is 2.42 bits per heavy atom. The standard InChI is InChI=1S/C7H9N3OS/c8-6-4-1-2-12-3-5(4)9-7(11)10-6/h1-3H2,(H3,8,9,10,11). The van der Waals surface area contributed by atoms with Crippen LogP contribution in [0.4, 0.5) is 5.82 Å². The molecule has 0 fully saturated rings. The molecule has 0 atom stereocenters. The maximum Gasteiger partial charge on any atom is 0.347 e. The van der Waals surface area contributed by atoms with Gasteiger partial charge in [-0.25, -0.2) is 4.79 Å². The average Bonchev–Trinajstić information content (AvgIpc) is 2.04. The lowest BCUT2D eigenvalue weighted by Gasteiger charge is -2.14. The molecule has 0 unspecified atom stereocenters. The highest BCUT2D eigenvalue weighted by molar-refractivity contribution is 7.98. The Labute approximate surface area is 73.6 Å². The SMILES string of the molecule is Nc1nc(=O)[nH]c2c1CCSC2. The topological polar surface area (TPSA) is 71.8 Å². The summed E-state index contributed by atoms with van der Waals surface area (Å²) in [6.07, 6.45) is 0.912. The van der Waals surface area contributed by atoms with Crippen LogP contribution in [0.25, 0.3) is 0 Å². The van der Waals surface area contributed by atoms with Crippen molar-refractivity contribution in [2.45, 2.75) is 12.2 Å². The van der Waals surface area contributed by atoms with Crippen molar-refractivity contribution in [2.75, 3.05) is 11.5 Å². The number of nitrogens with one attached hydrogen (secondary N) is 1. The maximum absolute atomic E-state index is 10.9. The number of hydrogen-bond acceptors (Lipinski definition) is 4. The number of nitrogen functional groups attached to an aromatic ring is 1. The van der Waals surface area contributed by atoms with E-state index in [9.17, 15) is 4.79 Å². The average molecular weight is 183 g/mol. The number of rotatable bonds is 0. The van der Waals surface area contributed by atoms with Crippen molar-refractivity contribution >= 4 is 17.6 Å². The van der Waals surface area contributed by atoms with Gasteiger partial charge in [0.1, 0.15) is 5.82 Å². The Morgan fingerprint density at radius 1 is 1.58 bits per heavy atom. The third-order valence-corrected chi connectivity index (χ3v) is 2.88. The van der Waals surface area contributed by atoms with Gasteiger partial charge in [-0.05, 0) is 12.2 Å². The van der Waals surface area contributed by atoms with Crippen LogP contribution in [0.15, 0.2) is 4.79 Å². The van der Waals surface area contributed by atoms with Gasteiger partial charge in [0, 0.05) is 17.0 Å². The third kappa shape index (κ3) is 1.20. The minimum Gasteiger partial charge on any atom is -0.383 e. The quantitative estimate of drug-likeness (QED) is 0.600. The molecule has 1 aromatic rings. The first kappa shape index (κ1) is 7.67. The smallest absolute Gasteiger partial charge is 0.347 e. The first-order chi connectivity index (χ1) is 5.77. The minimum absolute atomic E-state index is 0.339. The van der Waals surface area contributed by atoms with Crippen LogP contribution >= 0.6 is 11.8 Å². The van der Waals surface area contributed by atoms with Crippen molar-refractivity contribution in [3.05, 3.63) is 21.7 Å². The normalized spacial score (nSPS) is 15.7. The van der Waals surface area contributed by atoms with Crippen molar-refractivity contribution in [1.29, 1.82) is 0 Å². The van der Waals surface area contributed by atoms with Crippen LogP contribution in [-0.4, -0.2) is 15.7 Å². The molecule has 3 N–H and O–H groups in total. The number of nitrogens with zero attached hydrogens (tertiary/aromatic N) is 1. The second-order valence-corrected chi connectivity index (χ2v) is 3.79. The molecule has 0 saturated carbocycles. The van der Waals surface area contributed by atoms with E-state index in [1.165, 1.54) is 0 Å². The zero-order chi connectivity index (χ0) is 8.55. The Bertz CT molecular complexity index is 360. The molecule has 2 rings (SSSR count). The summed E-state index contributed by atoms with van der Waals surface area (Å²) in [5.41, 5.74) is 7.23. The number of nitrogens with two attached hydrogens (primary N) is 1. The predicted molar refractivity (Wildman–Crippen MR) is 49.1 cm³/mol. The van der Waals surface area contributed by atoms with Gasteiger partial charge >= 0.3 is 5.69 Å². The van der Waals surface area contributed by atoms with Gasteiger partial charge in [0.05, 0.1) is 0 Å². The summed E-state index contributed by atoms with van der Waals surface area (Å²) in [5, 5.41) is 0. The Morgan fingerprint density at radius 3 is 3.25 bits per heavy atom. The van der Waals surface area contributed by atoms with Gasteiger partial charge in [0.2, 0.25) is 0 Å². The number of hydrogen-bond donors (Lipinski definition) is 2. The molecule has 2 heterocycles. The lowest BCUT2D eigenvalue weighted by atomic mass is 10.1. The van der Waals surface area contributed by atoms with E-state index in [0.29, 0.717) is 5.82 Å². The van der Waals surface area contributed by atoms with Crippen LogP contribution in [0.1, 0.15) is 11.3 Å². The van der Waals surface area contributed by atoms with Crippen LogP contribution in [0.2, 0.25) is 0 Å². The predicted octanol–water partition coefficient (Wildman–Crippen LogP) is 0.141. The first-order valence-electron chi connectivity index (χ1n) is 3.72. The third-order valence-electron chi connectivity index (χ3n) is 1.90. The number of aromatic amines is 1. The summed E-state index contributed by atoms with van der Waals surface area (Å²) in [7, 11) is 0. The van der Waals surface area contributed by atoms with Crippen LogP contribution in [0.3, 0.4) is 0 Å². The van der Waals surface area contributed by atoms with Crippen molar-refractivity contribution in [3.8, 4) is 0 Å². The van der Waals surface area contributed by atoms with E-state index in [2.05, 4.69) is 9.97 Å². The highest BCUT2D eigenvalue weighted by atomic mass is 32.2. The van der Waals surface area contributed by atoms with E-state index in [1.54, 1.807) is 11.8 Å². The van der Waals surface area contributed by atoms with Crippen LogP contribution < -0.4 is 11.4 Å². The summed E-state index contributed by atoms with van der Waals surface area (Å²) >= 11 is 1.80. The number of fused-ring (bicyclic) bond motifs is 1. The molecule has 0 amide bonds. The van der Waals surface area contributed by atoms with Crippen molar-refractivity contribution in [2.24, 2.45) is 0 Å². The van der Waals surface area contributed by atoms with Crippen LogP contribution in [0, 0.1) is 0 Å². The molecule has 1 aliphatic heterocycles. The van der Waals surface area contributed by atoms with Gasteiger partial charge in [-0.15, -0.1) is 0 Å². The molecule has 0 bridgehead atoms. The number of H-pyrrole nitrogens is 1. The van der Waals surface area contributed by atoms with Gasteiger partial charge in [-0.3, -0.25) is 0 Å². The fourth-order valence-corrected chi connectivity index (χ4v) is 2.26. The summed E-state index contributed by atoms with van der Waals surface area (Å²) in [6.45, 7) is 0. The van der Waals surface area contributed by atoms with E-state index in [-0.39, 0.29) is 5.69 Å². The summed E-state index contributed by atoms with van der Waals surface area (Å²) in [4.78, 5) is 17.3. The molecule has 64 valence electrons. The lowest BCUT2D eigenvalue weighted by Crippen LogP contribution is -2.20. The molecule has 12 heavy (non-hydrogen) atoms. The Kier molecular flexibility index (Phi) is 1.80. The first-order valence-corrected chi connectivity index (χ1v) is 4.88. The molecule has 1 aromatic heterocycles. The van der Waals surface area contributed by atoms with E-state index >= 15 is 0 Å². The molecule has 0 aromatic carbocycles. The minimum atomic E-state index is -0.339. The highest BCUT2D eigenvalue weighted by Crippen LogP contribution is 2.24. The summed E-state index contributed by atoms with van der Waals surface area (Å²) in [6, 6.07) is 0. The largest absolute Gasteiger partial charge is 0.383 e. The zero-order valence-corrected chi connectivity index (χ0v) is 7.28. The number of aromatic nitrogens is 2. The fourth-order valence-electron chi connectivity index (χ4n) is 1.31. The second kappa shape index (κ2) is 2.82. The molecule has 1 aliphatic rings. The fraction of sp³-hybridized carbons (Fsp3) is 0.429. The monoisotopic (exact) mass is 183 g/mol. The van der Waals surface area contributed by atoms with E-state index in [0.717, 1.165) is 29.2 Å². The van der Waals surface area contributed by atoms with Gasteiger partial charge in [0.25, 0.3) is 0 Å². The van der Waals surface area contributed by atoms with E-state index in [4.69, 9.17) is 5.73 Å². The molecule has 0 aliphatic carbocycles. The van der Waals surface area contributed by atoms with Crippen LogP contribution in [0.5, 0.6) is 0 Å².